The van der Waals surface area contributed by atoms with Crippen molar-refractivity contribution in [2.45, 2.75) is 19.0 Å². The summed E-state index contributed by atoms with van der Waals surface area (Å²) in [7, 11) is 1.80. The van der Waals surface area contributed by atoms with E-state index >= 15 is 0 Å². The first kappa shape index (κ1) is 22.5. The fourth-order valence-electron chi connectivity index (χ4n) is 2.45. The molecule has 0 aliphatic heterocycles. The molecule has 0 saturated carbocycles. The second-order valence-electron chi connectivity index (χ2n) is 5.98. The molecular formula is C18H17Cl2N5O3S2. The van der Waals surface area contributed by atoms with E-state index < -0.39 is 5.97 Å². The highest BCUT2D eigenvalue weighted by Gasteiger charge is 2.18. The van der Waals surface area contributed by atoms with Crippen LogP contribution < -0.4 is 5.32 Å². The van der Waals surface area contributed by atoms with Gasteiger partial charge in [-0.3, -0.25) is 4.79 Å². The minimum atomic E-state index is -0.448. The first-order valence-electron chi connectivity index (χ1n) is 8.72. The number of aryl methyl sites for hydroxylation is 1. The highest BCUT2D eigenvalue weighted by molar-refractivity contribution is 7.99. The van der Waals surface area contributed by atoms with Gasteiger partial charge in [0, 0.05) is 12.6 Å². The maximum Gasteiger partial charge on any atom is 0.350 e. The van der Waals surface area contributed by atoms with E-state index in [1.165, 1.54) is 11.8 Å². The lowest BCUT2D eigenvalue weighted by molar-refractivity contribution is -0.113. The van der Waals surface area contributed by atoms with Crippen LogP contribution in [0.4, 0.5) is 5.13 Å². The first-order chi connectivity index (χ1) is 14.3. The normalized spacial score (nSPS) is 10.8. The first-order valence-corrected chi connectivity index (χ1v) is 11.3. The van der Waals surface area contributed by atoms with E-state index in [1.54, 1.807) is 43.7 Å². The van der Waals surface area contributed by atoms with Crippen LogP contribution in [-0.4, -0.2) is 44.0 Å². The summed E-state index contributed by atoms with van der Waals surface area (Å²) in [5.41, 5.74) is 1.28. The molecule has 1 amide bonds. The average Bonchev–Trinajstić information content (AvgIpc) is 3.25. The van der Waals surface area contributed by atoms with Gasteiger partial charge in [0.05, 0.1) is 28.1 Å². The van der Waals surface area contributed by atoms with Crippen molar-refractivity contribution < 1.29 is 14.3 Å². The van der Waals surface area contributed by atoms with Crippen molar-refractivity contribution in [2.75, 3.05) is 17.7 Å². The van der Waals surface area contributed by atoms with Crippen LogP contribution >= 0.6 is 46.3 Å². The molecule has 0 saturated heterocycles. The van der Waals surface area contributed by atoms with E-state index in [9.17, 15) is 9.59 Å². The number of hydrogen-bond donors (Lipinski definition) is 1. The Morgan fingerprint density at radius 1 is 1.27 bits per heavy atom. The SMILES string of the molecule is CCOC(=O)c1sc(NC(=O)CSc2nnc(-c3ccc(Cl)c(Cl)c3)n2C)nc1C. The molecule has 0 radical (unpaired) electrons. The summed E-state index contributed by atoms with van der Waals surface area (Å²) >= 11 is 14.3. The Morgan fingerprint density at radius 3 is 2.73 bits per heavy atom. The van der Waals surface area contributed by atoms with E-state index in [0.29, 0.717) is 36.7 Å². The van der Waals surface area contributed by atoms with Gasteiger partial charge >= 0.3 is 5.97 Å². The number of thioether (sulfide) groups is 1. The Balaban J connectivity index is 1.63. The number of carbonyl (C=O) groups is 2. The zero-order valence-electron chi connectivity index (χ0n) is 16.2. The molecule has 1 aromatic carbocycles. The van der Waals surface area contributed by atoms with E-state index in [4.69, 9.17) is 27.9 Å². The summed E-state index contributed by atoms with van der Waals surface area (Å²) in [6.45, 7) is 3.70. The van der Waals surface area contributed by atoms with E-state index in [0.717, 1.165) is 16.9 Å². The van der Waals surface area contributed by atoms with Crippen LogP contribution in [0.2, 0.25) is 10.0 Å². The standard InChI is InChI=1S/C18H17Cl2N5O3S2/c1-4-28-16(27)14-9(2)21-17(30-14)22-13(26)8-29-18-24-23-15(25(18)3)10-5-6-11(19)12(20)7-10/h5-7H,4,8H2,1-3H3,(H,21,22,26). The van der Waals surface area contributed by atoms with Crippen LogP contribution in [0.1, 0.15) is 22.3 Å². The maximum atomic E-state index is 12.3. The number of halogens is 2. The van der Waals surface area contributed by atoms with E-state index in [-0.39, 0.29) is 18.3 Å². The Hall–Kier alpha value is -2.14. The number of hydrogen-bond acceptors (Lipinski definition) is 8. The van der Waals surface area contributed by atoms with Crippen LogP contribution in [0, 0.1) is 6.92 Å². The fraction of sp³-hybridized carbons (Fsp3) is 0.278. The van der Waals surface area contributed by atoms with Gasteiger partial charge in [-0.2, -0.15) is 0 Å². The number of rotatable bonds is 7. The molecule has 158 valence electrons. The van der Waals surface area contributed by atoms with Gasteiger partial charge in [0.25, 0.3) is 0 Å². The molecule has 30 heavy (non-hydrogen) atoms. The average molecular weight is 486 g/mol. The van der Waals surface area contributed by atoms with Crippen LogP contribution in [0.15, 0.2) is 23.4 Å². The van der Waals surface area contributed by atoms with Crippen LogP contribution in [0.3, 0.4) is 0 Å². The quantitative estimate of drug-likeness (QED) is 0.389. The van der Waals surface area contributed by atoms with Gasteiger partial charge in [0.2, 0.25) is 5.91 Å². The molecule has 0 aliphatic rings. The number of nitrogens with one attached hydrogen (secondary N) is 1. The van der Waals surface area contributed by atoms with E-state index in [2.05, 4.69) is 20.5 Å². The Labute approximate surface area is 191 Å². The molecule has 0 atom stereocenters. The van der Waals surface area contributed by atoms with Crippen molar-refractivity contribution >= 4 is 63.3 Å². The van der Waals surface area contributed by atoms with Crippen molar-refractivity contribution in [1.82, 2.24) is 19.7 Å². The van der Waals surface area contributed by atoms with Crippen LogP contribution in [0.25, 0.3) is 11.4 Å². The van der Waals surface area contributed by atoms with E-state index in [1.807, 2.05) is 0 Å². The molecule has 2 aromatic heterocycles. The second-order valence-corrected chi connectivity index (χ2v) is 8.74. The largest absolute Gasteiger partial charge is 0.462 e. The molecule has 0 spiro atoms. The van der Waals surface area contributed by atoms with Gasteiger partial charge in [-0.15, -0.1) is 10.2 Å². The van der Waals surface area contributed by atoms with Gasteiger partial charge in [-0.05, 0) is 32.0 Å². The predicted octanol–water partition coefficient (Wildman–Crippen LogP) is 4.46. The maximum absolute atomic E-state index is 12.3. The van der Waals surface area contributed by atoms with Crippen molar-refractivity contribution in [3.8, 4) is 11.4 Å². The van der Waals surface area contributed by atoms with Gasteiger partial charge in [-0.1, -0.05) is 46.3 Å². The molecule has 12 heteroatoms. The molecule has 3 rings (SSSR count). The summed E-state index contributed by atoms with van der Waals surface area (Å²) in [6, 6.07) is 5.20. The fourth-order valence-corrected chi connectivity index (χ4v) is 4.33. The summed E-state index contributed by atoms with van der Waals surface area (Å²) in [6.07, 6.45) is 0. The predicted molar refractivity (Wildman–Crippen MR) is 119 cm³/mol. The van der Waals surface area contributed by atoms with Crippen LogP contribution in [0.5, 0.6) is 0 Å². The molecule has 2 heterocycles. The summed E-state index contributed by atoms with van der Waals surface area (Å²) in [4.78, 5) is 28.8. The van der Waals surface area contributed by atoms with Gasteiger partial charge in [0.1, 0.15) is 4.88 Å². The molecule has 3 aromatic rings. The lowest BCUT2D eigenvalue weighted by Gasteiger charge is -2.05. The van der Waals surface area contributed by atoms with Crippen molar-refractivity contribution in [2.24, 2.45) is 7.05 Å². The molecule has 8 nitrogen and oxygen atoms in total. The third-order valence-electron chi connectivity index (χ3n) is 3.85. The highest BCUT2D eigenvalue weighted by Crippen LogP contribution is 2.29. The minimum Gasteiger partial charge on any atom is -0.462 e. The smallest absolute Gasteiger partial charge is 0.350 e. The third-order valence-corrected chi connectivity index (χ3v) is 6.66. The molecule has 0 bridgehead atoms. The molecular weight excluding hydrogens is 469 g/mol. The third kappa shape index (κ3) is 5.12. The van der Waals surface area contributed by atoms with Crippen LogP contribution in [-0.2, 0) is 16.6 Å². The number of carbonyl (C=O) groups excluding carboxylic acids is 2. The van der Waals surface area contributed by atoms with Crippen molar-refractivity contribution in [3.63, 3.8) is 0 Å². The minimum absolute atomic E-state index is 0.0979. The zero-order chi connectivity index (χ0) is 21.8. The highest BCUT2D eigenvalue weighted by atomic mass is 35.5. The number of anilines is 1. The number of aromatic nitrogens is 4. The molecule has 0 fully saturated rings. The number of benzene rings is 1. The summed E-state index contributed by atoms with van der Waals surface area (Å²) in [5, 5.41) is 12.8. The second kappa shape index (κ2) is 9.78. The summed E-state index contributed by atoms with van der Waals surface area (Å²) < 4.78 is 6.75. The monoisotopic (exact) mass is 485 g/mol. The van der Waals surface area contributed by atoms with Gasteiger partial charge in [0.15, 0.2) is 16.1 Å². The Morgan fingerprint density at radius 2 is 2.03 bits per heavy atom. The van der Waals surface area contributed by atoms with Gasteiger partial charge < -0.3 is 14.6 Å². The molecule has 1 N–H and O–H groups in total. The molecule has 0 aliphatic carbocycles. The Bertz CT molecular complexity index is 1100. The number of amides is 1. The topological polar surface area (TPSA) is 99.0 Å². The lowest BCUT2D eigenvalue weighted by atomic mass is 10.2. The van der Waals surface area contributed by atoms with Gasteiger partial charge in [-0.25, -0.2) is 9.78 Å². The Kier molecular flexibility index (Phi) is 7.35. The summed E-state index contributed by atoms with van der Waals surface area (Å²) in [5.74, 6) is -0.0218. The molecule has 0 unspecified atom stereocenters. The van der Waals surface area contributed by atoms with Crippen molar-refractivity contribution in [3.05, 3.63) is 38.8 Å². The number of thiazole rings is 1. The number of ether oxygens (including phenoxy) is 1. The lowest BCUT2D eigenvalue weighted by Crippen LogP contribution is -2.14. The van der Waals surface area contributed by atoms with Crippen molar-refractivity contribution in [1.29, 1.82) is 0 Å². The zero-order valence-corrected chi connectivity index (χ0v) is 19.4. The number of esters is 1. The number of nitrogens with zero attached hydrogens (tertiary/aromatic N) is 4.